The Balaban J connectivity index is 1.97. The van der Waals surface area contributed by atoms with E-state index < -0.39 is 16.8 Å². The number of aryl methyl sites for hydroxylation is 2. The first-order chi connectivity index (χ1) is 17.5. The summed E-state index contributed by atoms with van der Waals surface area (Å²) in [5.41, 5.74) is 1.05. The number of hydrogen-bond acceptors (Lipinski definition) is 4. The molecule has 0 fully saturated rings. The van der Waals surface area contributed by atoms with Crippen LogP contribution in [-0.4, -0.2) is 9.78 Å². The second-order valence-electron chi connectivity index (χ2n) is 8.17. The third-order valence-corrected chi connectivity index (χ3v) is 6.77. The Morgan fingerprint density at radius 1 is 1.00 bits per heavy atom. The maximum atomic E-state index is 13.7. The monoisotopic (exact) mass is 562 g/mol. The summed E-state index contributed by atoms with van der Waals surface area (Å²) in [5.74, 6) is 0. The smallest absolute Gasteiger partial charge is 0.267 e. The molecule has 5 nitrogen and oxygen atoms in total. The molecule has 0 saturated heterocycles. The van der Waals surface area contributed by atoms with E-state index in [2.05, 4.69) is 10.3 Å². The average molecular weight is 564 g/mol. The molecule has 1 heterocycles. The Bertz CT molecular complexity index is 1540. The zero-order chi connectivity index (χ0) is 26.9. The molecule has 1 aromatic heterocycles. The molecule has 4 aromatic rings. The van der Waals surface area contributed by atoms with Crippen LogP contribution in [0.15, 0.2) is 59.8 Å². The van der Waals surface area contributed by atoms with Gasteiger partial charge in [-0.3, -0.25) is 4.68 Å². The van der Waals surface area contributed by atoms with Crippen LogP contribution >= 0.6 is 34.8 Å². The van der Waals surface area contributed by atoms with Gasteiger partial charge in [-0.05, 0) is 65.0 Å². The summed E-state index contributed by atoms with van der Waals surface area (Å²) in [6.45, 7) is 0. The fourth-order valence-corrected chi connectivity index (χ4v) is 4.77. The highest BCUT2D eigenvalue weighted by Crippen LogP contribution is 2.47. The minimum absolute atomic E-state index is 0.0730. The Hall–Kier alpha value is -3.38. The second kappa shape index (κ2) is 10.5. The van der Waals surface area contributed by atoms with Crippen LogP contribution in [0.4, 0.5) is 18.9 Å². The molecule has 0 N–H and O–H groups in total. The Morgan fingerprint density at radius 2 is 1.70 bits per heavy atom. The van der Waals surface area contributed by atoms with E-state index in [4.69, 9.17) is 34.8 Å². The molecule has 4 rings (SSSR count). The van der Waals surface area contributed by atoms with E-state index in [1.165, 1.54) is 22.9 Å². The zero-order valence-corrected chi connectivity index (χ0v) is 21.3. The van der Waals surface area contributed by atoms with Crippen molar-refractivity contribution < 1.29 is 13.2 Å². The van der Waals surface area contributed by atoms with E-state index in [1.54, 1.807) is 19.2 Å². The van der Waals surface area contributed by atoms with Crippen LogP contribution in [0.1, 0.15) is 22.4 Å². The second-order valence-corrected chi connectivity index (χ2v) is 9.42. The van der Waals surface area contributed by atoms with Crippen molar-refractivity contribution in [2.75, 3.05) is 0 Å². The Morgan fingerprint density at radius 3 is 2.30 bits per heavy atom. The summed E-state index contributed by atoms with van der Waals surface area (Å²) in [4.78, 5) is 12.3. The average Bonchev–Trinajstić information content (AvgIpc) is 3.24. The van der Waals surface area contributed by atoms with E-state index in [0.717, 1.165) is 17.7 Å². The SMILES string of the molecule is Cn1nc(C#N)cc1-c1cc(Cl)c(CCc2ccc(Cl)cc2)c(-c2ccc(Cl)c(C(F)(F)F)c2)c1N=O. The third-order valence-electron chi connectivity index (χ3n) is 5.85. The Labute approximate surface area is 225 Å². The lowest BCUT2D eigenvalue weighted by Gasteiger charge is -2.19. The van der Waals surface area contributed by atoms with Crippen molar-refractivity contribution in [3.05, 3.63) is 97.0 Å². The van der Waals surface area contributed by atoms with E-state index in [1.807, 2.05) is 18.2 Å². The van der Waals surface area contributed by atoms with Crippen molar-refractivity contribution in [3.63, 3.8) is 0 Å². The molecule has 0 atom stereocenters. The lowest BCUT2D eigenvalue weighted by molar-refractivity contribution is -0.137. The maximum Gasteiger partial charge on any atom is 0.417 e. The largest absolute Gasteiger partial charge is 0.417 e. The molecule has 0 aliphatic rings. The molecule has 0 radical (unpaired) electrons. The van der Waals surface area contributed by atoms with Gasteiger partial charge in [0, 0.05) is 34.3 Å². The van der Waals surface area contributed by atoms with Crippen LogP contribution in [0.25, 0.3) is 22.4 Å². The van der Waals surface area contributed by atoms with E-state index in [9.17, 15) is 23.3 Å². The minimum atomic E-state index is -4.73. The summed E-state index contributed by atoms with van der Waals surface area (Å²) in [6, 6.07) is 15.4. The quantitative estimate of drug-likeness (QED) is 0.220. The summed E-state index contributed by atoms with van der Waals surface area (Å²) in [5, 5.41) is 16.8. The lowest BCUT2D eigenvalue weighted by Crippen LogP contribution is -2.06. The van der Waals surface area contributed by atoms with Crippen LogP contribution in [0.5, 0.6) is 0 Å². The summed E-state index contributed by atoms with van der Waals surface area (Å²) in [6.07, 6.45) is -3.97. The van der Waals surface area contributed by atoms with E-state index >= 15 is 0 Å². The molecule has 0 spiro atoms. The van der Waals surface area contributed by atoms with Crippen LogP contribution in [0, 0.1) is 16.2 Å². The fourth-order valence-electron chi connectivity index (χ4n) is 4.12. The van der Waals surface area contributed by atoms with Crippen molar-refractivity contribution in [2.24, 2.45) is 12.2 Å². The molecular formula is C26H16Cl3F3N4O. The maximum absolute atomic E-state index is 13.7. The molecule has 188 valence electrons. The van der Waals surface area contributed by atoms with Crippen molar-refractivity contribution in [3.8, 4) is 28.5 Å². The van der Waals surface area contributed by atoms with Gasteiger partial charge in [-0.25, -0.2) is 0 Å². The number of halogens is 6. The fraction of sp³-hybridized carbons (Fsp3) is 0.154. The third kappa shape index (κ3) is 5.49. The number of nitroso groups, excluding NO2 is 1. The van der Waals surface area contributed by atoms with Crippen molar-refractivity contribution in [2.45, 2.75) is 19.0 Å². The summed E-state index contributed by atoms with van der Waals surface area (Å²) >= 11 is 18.5. The number of alkyl halides is 3. The van der Waals surface area contributed by atoms with Gasteiger partial charge in [0.2, 0.25) is 0 Å². The van der Waals surface area contributed by atoms with Crippen molar-refractivity contribution in [1.82, 2.24) is 9.78 Å². The number of nitriles is 1. The summed E-state index contributed by atoms with van der Waals surface area (Å²) in [7, 11) is 1.57. The molecule has 0 unspecified atom stereocenters. The number of aromatic nitrogens is 2. The van der Waals surface area contributed by atoms with Gasteiger partial charge < -0.3 is 0 Å². The highest BCUT2D eigenvalue weighted by atomic mass is 35.5. The van der Waals surface area contributed by atoms with Gasteiger partial charge in [0.15, 0.2) is 5.69 Å². The molecule has 0 aliphatic carbocycles. The molecule has 0 aliphatic heterocycles. The predicted octanol–water partition coefficient (Wildman–Crippen LogP) is 8.79. The van der Waals surface area contributed by atoms with Crippen LogP contribution in [0.2, 0.25) is 15.1 Å². The van der Waals surface area contributed by atoms with Crippen LogP contribution in [-0.2, 0) is 26.1 Å². The van der Waals surface area contributed by atoms with Gasteiger partial charge in [0.05, 0.1) is 16.3 Å². The minimum Gasteiger partial charge on any atom is -0.267 e. The first-order valence-corrected chi connectivity index (χ1v) is 11.9. The molecule has 11 heteroatoms. The summed E-state index contributed by atoms with van der Waals surface area (Å²) < 4.78 is 42.5. The molecule has 0 saturated carbocycles. The van der Waals surface area contributed by atoms with Gasteiger partial charge in [-0.15, -0.1) is 4.91 Å². The van der Waals surface area contributed by atoms with Crippen molar-refractivity contribution in [1.29, 1.82) is 5.26 Å². The van der Waals surface area contributed by atoms with Gasteiger partial charge in [0.1, 0.15) is 11.8 Å². The van der Waals surface area contributed by atoms with Gasteiger partial charge in [-0.2, -0.15) is 23.5 Å². The molecular weight excluding hydrogens is 548 g/mol. The zero-order valence-electron chi connectivity index (χ0n) is 19.1. The number of hydrogen-bond donors (Lipinski definition) is 0. The lowest BCUT2D eigenvalue weighted by atomic mass is 9.89. The molecule has 0 amide bonds. The molecule has 37 heavy (non-hydrogen) atoms. The Kier molecular flexibility index (Phi) is 7.60. The first-order valence-electron chi connectivity index (χ1n) is 10.8. The highest BCUT2D eigenvalue weighted by Gasteiger charge is 2.34. The molecule has 0 bridgehead atoms. The first kappa shape index (κ1) is 26.7. The molecule has 3 aromatic carbocycles. The van der Waals surface area contributed by atoms with Gasteiger partial charge in [-0.1, -0.05) is 53.0 Å². The number of rotatable bonds is 6. The van der Waals surface area contributed by atoms with E-state index in [0.29, 0.717) is 22.7 Å². The van der Waals surface area contributed by atoms with Crippen molar-refractivity contribution >= 4 is 40.5 Å². The van der Waals surface area contributed by atoms with Crippen LogP contribution in [0.3, 0.4) is 0 Å². The topological polar surface area (TPSA) is 71.0 Å². The predicted molar refractivity (Wildman–Crippen MR) is 138 cm³/mol. The van der Waals surface area contributed by atoms with E-state index in [-0.39, 0.29) is 39.5 Å². The number of benzene rings is 3. The van der Waals surface area contributed by atoms with Crippen LogP contribution < -0.4 is 0 Å². The number of nitrogens with zero attached hydrogens (tertiary/aromatic N) is 4. The highest BCUT2D eigenvalue weighted by molar-refractivity contribution is 6.33. The van der Waals surface area contributed by atoms with Gasteiger partial charge in [0.25, 0.3) is 0 Å². The van der Waals surface area contributed by atoms with Gasteiger partial charge >= 0.3 is 6.18 Å². The normalized spacial score (nSPS) is 11.4. The standard InChI is InChI=1S/C26H16Cl3F3N4O/c1-36-23(11-17(13-33)34-36)19-12-22(29)18(8-4-14-2-6-16(27)7-3-14)24(25(19)35-37)15-5-9-21(28)20(10-15)26(30,31)32/h2-3,5-7,9-12H,4,8H2,1H3.